The Hall–Kier alpha value is -1.10. The SMILES string of the molecule is CCCCC(C)CCC(C(=O)O)N(N)C(=O)CCC(C)C. The van der Waals surface area contributed by atoms with Crippen LogP contribution >= 0.6 is 0 Å². The lowest BCUT2D eigenvalue weighted by Crippen LogP contribution is -2.49. The highest BCUT2D eigenvalue weighted by Gasteiger charge is 2.27. The van der Waals surface area contributed by atoms with Gasteiger partial charge < -0.3 is 5.11 Å². The zero-order valence-electron chi connectivity index (χ0n) is 14.0. The van der Waals surface area contributed by atoms with E-state index in [2.05, 4.69) is 13.8 Å². The summed E-state index contributed by atoms with van der Waals surface area (Å²) in [5, 5.41) is 10.2. The summed E-state index contributed by atoms with van der Waals surface area (Å²) in [6.07, 6.45) is 5.62. The highest BCUT2D eigenvalue weighted by atomic mass is 16.4. The number of carboxylic acid groups (broad SMARTS) is 1. The molecule has 0 saturated heterocycles. The maximum absolute atomic E-state index is 11.9. The second kappa shape index (κ2) is 10.6. The van der Waals surface area contributed by atoms with Crippen molar-refractivity contribution in [2.45, 2.75) is 78.7 Å². The lowest BCUT2D eigenvalue weighted by Gasteiger charge is -2.25. The fourth-order valence-electron chi connectivity index (χ4n) is 2.24. The number of hydrogen-bond acceptors (Lipinski definition) is 3. The average Bonchev–Trinajstić information content (AvgIpc) is 2.41. The van der Waals surface area contributed by atoms with Gasteiger partial charge in [-0.1, -0.05) is 47.0 Å². The van der Waals surface area contributed by atoms with Crippen molar-refractivity contribution in [3.8, 4) is 0 Å². The second-order valence-electron chi connectivity index (χ2n) is 6.41. The Balaban J connectivity index is 4.39. The van der Waals surface area contributed by atoms with E-state index in [0.717, 1.165) is 37.1 Å². The van der Waals surface area contributed by atoms with Gasteiger partial charge in [0.2, 0.25) is 5.91 Å². The smallest absolute Gasteiger partial charge is 0.328 e. The van der Waals surface area contributed by atoms with Crippen molar-refractivity contribution in [2.24, 2.45) is 17.7 Å². The van der Waals surface area contributed by atoms with Gasteiger partial charge in [-0.25, -0.2) is 10.6 Å². The number of nitrogens with zero attached hydrogens (tertiary/aromatic N) is 1. The molecule has 0 rings (SSSR count). The molecule has 0 saturated carbocycles. The van der Waals surface area contributed by atoms with Gasteiger partial charge in [-0.3, -0.25) is 9.80 Å². The van der Waals surface area contributed by atoms with Crippen molar-refractivity contribution in [1.29, 1.82) is 0 Å². The van der Waals surface area contributed by atoms with E-state index in [1.165, 1.54) is 0 Å². The number of aliphatic carboxylic acids is 1. The molecule has 5 nitrogen and oxygen atoms in total. The lowest BCUT2D eigenvalue weighted by atomic mass is 9.96. The molecule has 0 aromatic carbocycles. The summed E-state index contributed by atoms with van der Waals surface area (Å²) in [5.74, 6) is 5.31. The van der Waals surface area contributed by atoms with Gasteiger partial charge in [-0.15, -0.1) is 0 Å². The molecule has 2 atom stereocenters. The van der Waals surface area contributed by atoms with Crippen molar-refractivity contribution in [3.63, 3.8) is 0 Å². The van der Waals surface area contributed by atoms with Crippen LogP contribution in [0, 0.1) is 11.8 Å². The van der Waals surface area contributed by atoms with Crippen LogP contribution in [0.4, 0.5) is 0 Å². The minimum atomic E-state index is -1.02. The van der Waals surface area contributed by atoms with Crippen LogP contribution in [0.3, 0.4) is 0 Å². The fourth-order valence-corrected chi connectivity index (χ4v) is 2.24. The molecule has 0 spiro atoms. The topological polar surface area (TPSA) is 83.6 Å². The van der Waals surface area contributed by atoms with E-state index in [-0.39, 0.29) is 5.91 Å². The van der Waals surface area contributed by atoms with E-state index in [0.29, 0.717) is 24.7 Å². The van der Waals surface area contributed by atoms with Crippen LogP contribution in [-0.2, 0) is 9.59 Å². The molecule has 0 heterocycles. The zero-order valence-corrected chi connectivity index (χ0v) is 14.0. The highest BCUT2D eigenvalue weighted by molar-refractivity contribution is 5.83. The van der Waals surface area contributed by atoms with E-state index in [9.17, 15) is 14.7 Å². The van der Waals surface area contributed by atoms with Crippen molar-refractivity contribution >= 4 is 11.9 Å². The van der Waals surface area contributed by atoms with Gasteiger partial charge in [0.15, 0.2) is 0 Å². The highest BCUT2D eigenvalue weighted by Crippen LogP contribution is 2.17. The van der Waals surface area contributed by atoms with Crippen LogP contribution < -0.4 is 5.84 Å². The van der Waals surface area contributed by atoms with E-state index in [4.69, 9.17) is 5.84 Å². The third-order valence-electron chi connectivity index (χ3n) is 3.83. The van der Waals surface area contributed by atoms with Gasteiger partial charge in [0.25, 0.3) is 0 Å². The number of rotatable bonds is 11. The lowest BCUT2D eigenvalue weighted by molar-refractivity contribution is -0.151. The van der Waals surface area contributed by atoms with Crippen LogP contribution in [-0.4, -0.2) is 28.0 Å². The van der Waals surface area contributed by atoms with E-state index >= 15 is 0 Å². The molecule has 1 amide bonds. The number of amides is 1. The molecule has 124 valence electrons. The molecule has 0 aliphatic carbocycles. The van der Waals surface area contributed by atoms with Gasteiger partial charge in [0.05, 0.1) is 0 Å². The maximum atomic E-state index is 11.9. The van der Waals surface area contributed by atoms with E-state index in [1.807, 2.05) is 13.8 Å². The monoisotopic (exact) mass is 300 g/mol. The summed E-state index contributed by atoms with van der Waals surface area (Å²) in [6, 6.07) is -0.909. The Labute approximate surface area is 128 Å². The summed E-state index contributed by atoms with van der Waals surface area (Å²) < 4.78 is 0. The number of unbranched alkanes of at least 4 members (excludes halogenated alkanes) is 1. The van der Waals surface area contributed by atoms with Gasteiger partial charge in [-0.2, -0.15) is 0 Å². The Kier molecular flexibility index (Phi) is 10.0. The molecule has 2 unspecified atom stereocenters. The number of carboxylic acids is 1. The summed E-state index contributed by atoms with van der Waals surface area (Å²) in [5.41, 5.74) is 0. The van der Waals surface area contributed by atoms with Crippen molar-refractivity contribution in [2.75, 3.05) is 0 Å². The molecule has 0 fully saturated rings. The first-order chi connectivity index (χ1) is 9.79. The maximum Gasteiger partial charge on any atom is 0.328 e. The summed E-state index contributed by atoms with van der Waals surface area (Å²) in [7, 11) is 0. The Bertz CT molecular complexity index is 319. The number of hydrazine groups is 1. The van der Waals surface area contributed by atoms with Crippen LogP contribution in [0.2, 0.25) is 0 Å². The standard InChI is InChI=1S/C16H32N2O3/c1-5-6-7-13(4)9-10-14(16(20)21)18(17)15(19)11-8-12(2)3/h12-14H,5-11,17H2,1-4H3,(H,20,21). The van der Waals surface area contributed by atoms with E-state index < -0.39 is 12.0 Å². The zero-order chi connectivity index (χ0) is 16.4. The van der Waals surface area contributed by atoms with Crippen LogP contribution in [0.1, 0.15) is 72.6 Å². The molecule has 0 aromatic rings. The summed E-state index contributed by atoms with van der Waals surface area (Å²) in [4.78, 5) is 23.3. The summed E-state index contributed by atoms with van der Waals surface area (Å²) >= 11 is 0. The van der Waals surface area contributed by atoms with Crippen molar-refractivity contribution < 1.29 is 14.7 Å². The number of carbonyl (C=O) groups is 2. The molecule has 0 aliphatic rings. The van der Waals surface area contributed by atoms with E-state index in [1.54, 1.807) is 0 Å². The van der Waals surface area contributed by atoms with Crippen LogP contribution in [0.5, 0.6) is 0 Å². The van der Waals surface area contributed by atoms with Gasteiger partial charge in [0, 0.05) is 6.42 Å². The molecular formula is C16H32N2O3. The molecule has 0 aromatic heterocycles. The molecular weight excluding hydrogens is 268 g/mol. The Morgan fingerprint density at radius 3 is 2.19 bits per heavy atom. The molecule has 5 heteroatoms. The Morgan fingerprint density at radius 2 is 1.71 bits per heavy atom. The van der Waals surface area contributed by atoms with Gasteiger partial charge >= 0.3 is 5.97 Å². The fraction of sp³-hybridized carbons (Fsp3) is 0.875. The van der Waals surface area contributed by atoms with Crippen LogP contribution in [0.25, 0.3) is 0 Å². The molecule has 21 heavy (non-hydrogen) atoms. The third kappa shape index (κ3) is 8.71. The van der Waals surface area contributed by atoms with Crippen LogP contribution in [0.15, 0.2) is 0 Å². The first-order valence-electron chi connectivity index (χ1n) is 8.09. The molecule has 0 aliphatic heterocycles. The number of carbonyl (C=O) groups excluding carboxylic acids is 1. The predicted molar refractivity (Wildman–Crippen MR) is 84.5 cm³/mol. The first-order valence-corrected chi connectivity index (χ1v) is 8.09. The normalized spacial score (nSPS) is 14.0. The number of hydrogen-bond donors (Lipinski definition) is 2. The minimum absolute atomic E-state index is 0.280. The first kappa shape index (κ1) is 19.9. The second-order valence-corrected chi connectivity index (χ2v) is 6.41. The predicted octanol–water partition coefficient (Wildman–Crippen LogP) is 3.18. The molecule has 3 N–H and O–H groups in total. The average molecular weight is 300 g/mol. The third-order valence-corrected chi connectivity index (χ3v) is 3.83. The van der Waals surface area contributed by atoms with Crippen molar-refractivity contribution in [1.82, 2.24) is 5.01 Å². The number of nitrogens with two attached hydrogens (primary N) is 1. The minimum Gasteiger partial charge on any atom is -0.480 e. The van der Waals surface area contributed by atoms with Gasteiger partial charge in [-0.05, 0) is 31.1 Å². The molecule has 0 bridgehead atoms. The summed E-state index contributed by atoms with van der Waals surface area (Å²) in [6.45, 7) is 8.31. The van der Waals surface area contributed by atoms with Crippen molar-refractivity contribution in [3.05, 3.63) is 0 Å². The van der Waals surface area contributed by atoms with Gasteiger partial charge in [0.1, 0.15) is 6.04 Å². The quantitative estimate of drug-likeness (QED) is 0.349. The largest absolute Gasteiger partial charge is 0.480 e. The Morgan fingerprint density at radius 1 is 1.10 bits per heavy atom. The molecule has 0 radical (unpaired) electrons.